The van der Waals surface area contributed by atoms with Crippen LogP contribution >= 0.6 is 11.6 Å². The molecule has 0 radical (unpaired) electrons. The van der Waals surface area contributed by atoms with E-state index in [0.29, 0.717) is 18.2 Å². The van der Waals surface area contributed by atoms with E-state index in [2.05, 4.69) is 4.98 Å². The van der Waals surface area contributed by atoms with Gasteiger partial charge in [0.2, 0.25) is 5.91 Å². The molecule has 0 saturated heterocycles. The SMILES string of the molecule is CN(CCOc1ccc(Cl)cc1)C(=O)Cn1cnc2ccccc21. The second kappa shape index (κ2) is 7.36. The Morgan fingerprint density at radius 3 is 2.75 bits per heavy atom. The molecule has 0 aliphatic heterocycles. The standard InChI is InChI=1S/C18H18ClN3O2/c1-21(10-11-24-15-8-6-14(19)7-9-15)18(23)12-22-13-20-16-4-2-3-5-17(16)22/h2-9,13H,10-12H2,1H3. The second-order valence-electron chi connectivity index (χ2n) is 5.48. The van der Waals surface area contributed by atoms with Crippen LogP contribution in [0.3, 0.4) is 0 Å². The predicted molar refractivity (Wildman–Crippen MR) is 94.3 cm³/mol. The molecule has 3 rings (SSSR count). The first-order valence-corrected chi connectivity index (χ1v) is 8.03. The van der Waals surface area contributed by atoms with Crippen LogP contribution in [0.15, 0.2) is 54.9 Å². The molecule has 24 heavy (non-hydrogen) atoms. The van der Waals surface area contributed by atoms with Gasteiger partial charge in [0.05, 0.1) is 23.9 Å². The zero-order valence-corrected chi connectivity index (χ0v) is 14.1. The molecule has 0 aliphatic carbocycles. The zero-order chi connectivity index (χ0) is 16.9. The number of hydrogen-bond donors (Lipinski definition) is 0. The van der Waals surface area contributed by atoms with E-state index in [0.717, 1.165) is 16.8 Å². The molecule has 2 aromatic carbocycles. The minimum atomic E-state index is 0.0119. The number of amides is 1. The minimum absolute atomic E-state index is 0.0119. The highest BCUT2D eigenvalue weighted by Crippen LogP contribution is 2.15. The summed E-state index contributed by atoms with van der Waals surface area (Å²) in [6.45, 7) is 1.20. The van der Waals surface area contributed by atoms with Crippen molar-refractivity contribution >= 4 is 28.5 Å². The van der Waals surface area contributed by atoms with Gasteiger partial charge >= 0.3 is 0 Å². The number of rotatable bonds is 6. The molecule has 1 amide bonds. The summed E-state index contributed by atoms with van der Waals surface area (Å²) in [6.07, 6.45) is 1.70. The lowest BCUT2D eigenvalue weighted by atomic mass is 10.3. The van der Waals surface area contributed by atoms with E-state index in [1.165, 1.54) is 0 Å². The Morgan fingerprint density at radius 1 is 1.21 bits per heavy atom. The van der Waals surface area contributed by atoms with Gasteiger partial charge in [-0.05, 0) is 36.4 Å². The Morgan fingerprint density at radius 2 is 1.96 bits per heavy atom. The number of imidazole rings is 1. The van der Waals surface area contributed by atoms with Crippen molar-refractivity contribution in [2.45, 2.75) is 6.54 Å². The third-order valence-electron chi connectivity index (χ3n) is 3.77. The molecule has 0 atom stereocenters. The summed E-state index contributed by atoms with van der Waals surface area (Å²) in [4.78, 5) is 18.3. The summed E-state index contributed by atoms with van der Waals surface area (Å²) in [5.74, 6) is 0.749. The van der Waals surface area contributed by atoms with Crippen LogP contribution in [0.5, 0.6) is 5.75 Å². The molecule has 0 saturated carbocycles. The number of para-hydroxylation sites is 2. The molecule has 0 bridgehead atoms. The molecule has 0 unspecified atom stereocenters. The van der Waals surface area contributed by atoms with E-state index < -0.39 is 0 Å². The monoisotopic (exact) mass is 343 g/mol. The van der Waals surface area contributed by atoms with Gasteiger partial charge in [-0.3, -0.25) is 4.79 Å². The highest BCUT2D eigenvalue weighted by molar-refractivity contribution is 6.30. The highest BCUT2D eigenvalue weighted by Gasteiger charge is 2.11. The maximum atomic E-state index is 12.3. The molecule has 1 aromatic heterocycles. The summed E-state index contributed by atoms with van der Waals surface area (Å²) in [6, 6.07) is 14.9. The van der Waals surface area contributed by atoms with Gasteiger partial charge in [0.15, 0.2) is 0 Å². The summed E-state index contributed by atoms with van der Waals surface area (Å²) < 4.78 is 7.47. The topological polar surface area (TPSA) is 47.4 Å². The number of carbonyl (C=O) groups excluding carboxylic acids is 1. The van der Waals surface area contributed by atoms with Gasteiger partial charge in [0, 0.05) is 12.1 Å². The van der Waals surface area contributed by atoms with Crippen molar-refractivity contribution in [2.75, 3.05) is 20.2 Å². The smallest absolute Gasteiger partial charge is 0.242 e. The molecular weight excluding hydrogens is 326 g/mol. The van der Waals surface area contributed by atoms with Crippen molar-refractivity contribution in [1.82, 2.24) is 14.5 Å². The van der Waals surface area contributed by atoms with Crippen molar-refractivity contribution in [2.24, 2.45) is 0 Å². The molecule has 6 heteroatoms. The summed E-state index contributed by atoms with van der Waals surface area (Å²) in [7, 11) is 1.77. The number of hydrogen-bond acceptors (Lipinski definition) is 3. The number of likely N-dealkylation sites (N-methyl/N-ethyl adjacent to an activating group) is 1. The summed E-state index contributed by atoms with van der Waals surface area (Å²) in [5.41, 5.74) is 1.84. The maximum absolute atomic E-state index is 12.3. The number of aromatic nitrogens is 2. The van der Waals surface area contributed by atoms with Crippen LogP contribution in [-0.2, 0) is 11.3 Å². The largest absolute Gasteiger partial charge is 0.492 e. The molecule has 0 N–H and O–H groups in total. The third kappa shape index (κ3) is 3.86. The van der Waals surface area contributed by atoms with E-state index >= 15 is 0 Å². The fourth-order valence-electron chi connectivity index (χ4n) is 2.36. The Kier molecular flexibility index (Phi) is 5.01. The lowest BCUT2D eigenvalue weighted by molar-refractivity contribution is -0.130. The van der Waals surface area contributed by atoms with E-state index in [4.69, 9.17) is 16.3 Å². The van der Waals surface area contributed by atoms with Crippen molar-refractivity contribution in [3.05, 3.63) is 59.9 Å². The third-order valence-corrected chi connectivity index (χ3v) is 4.02. The lowest BCUT2D eigenvalue weighted by Gasteiger charge is -2.18. The van der Waals surface area contributed by atoms with Crippen LogP contribution in [0.25, 0.3) is 11.0 Å². The first-order chi connectivity index (χ1) is 11.6. The Bertz CT molecular complexity index is 830. The van der Waals surface area contributed by atoms with Crippen LogP contribution in [-0.4, -0.2) is 40.6 Å². The average molecular weight is 344 g/mol. The summed E-state index contributed by atoms with van der Waals surface area (Å²) in [5, 5.41) is 0.669. The molecule has 0 aliphatic rings. The van der Waals surface area contributed by atoms with Crippen molar-refractivity contribution in [3.8, 4) is 5.75 Å². The quantitative estimate of drug-likeness (QED) is 0.690. The van der Waals surface area contributed by atoms with Crippen LogP contribution in [0.4, 0.5) is 0 Å². The average Bonchev–Trinajstić information content (AvgIpc) is 3.00. The van der Waals surface area contributed by atoms with Gasteiger partial charge in [0.25, 0.3) is 0 Å². The van der Waals surface area contributed by atoms with Gasteiger partial charge < -0.3 is 14.2 Å². The first kappa shape index (κ1) is 16.3. The first-order valence-electron chi connectivity index (χ1n) is 7.66. The molecule has 3 aromatic rings. The number of ether oxygens (including phenoxy) is 1. The van der Waals surface area contributed by atoms with E-state index in [-0.39, 0.29) is 12.5 Å². The highest BCUT2D eigenvalue weighted by atomic mass is 35.5. The van der Waals surface area contributed by atoms with E-state index in [1.54, 1.807) is 30.4 Å². The van der Waals surface area contributed by atoms with Crippen LogP contribution < -0.4 is 4.74 Å². The number of nitrogens with zero attached hydrogens (tertiary/aromatic N) is 3. The Hall–Kier alpha value is -2.53. The van der Waals surface area contributed by atoms with Crippen molar-refractivity contribution in [1.29, 1.82) is 0 Å². The molecule has 0 fully saturated rings. The number of benzene rings is 2. The maximum Gasteiger partial charge on any atom is 0.242 e. The second-order valence-corrected chi connectivity index (χ2v) is 5.92. The van der Waals surface area contributed by atoms with E-state index in [9.17, 15) is 4.79 Å². The number of carbonyl (C=O) groups is 1. The van der Waals surface area contributed by atoms with Gasteiger partial charge in [-0.1, -0.05) is 23.7 Å². The minimum Gasteiger partial charge on any atom is -0.492 e. The molecule has 5 nitrogen and oxygen atoms in total. The van der Waals surface area contributed by atoms with Gasteiger partial charge in [-0.25, -0.2) is 4.98 Å². The number of halogens is 1. The van der Waals surface area contributed by atoms with Gasteiger partial charge in [-0.2, -0.15) is 0 Å². The van der Waals surface area contributed by atoms with Crippen LogP contribution in [0, 0.1) is 0 Å². The Labute approximate surface area is 145 Å². The Balaban J connectivity index is 1.52. The fourth-order valence-corrected chi connectivity index (χ4v) is 2.48. The van der Waals surface area contributed by atoms with Crippen molar-refractivity contribution in [3.63, 3.8) is 0 Å². The fraction of sp³-hybridized carbons (Fsp3) is 0.222. The van der Waals surface area contributed by atoms with Gasteiger partial charge in [-0.15, -0.1) is 0 Å². The predicted octanol–water partition coefficient (Wildman–Crippen LogP) is 3.23. The van der Waals surface area contributed by atoms with Gasteiger partial charge in [0.1, 0.15) is 18.9 Å². The lowest BCUT2D eigenvalue weighted by Crippen LogP contribution is -2.33. The molecular formula is C18H18ClN3O2. The normalized spacial score (nSPS) is 10.8. The van der Waals surface area contributed by atoms with Crippen LogP contribution in [0.2, 0.25) is 5.02 Å². The van der Waals surface area contributed by atoms with E-state index in [1.807, 2.05) is 41.0 Å². The van der Waals surface area contributed by atoms with Crippen LogP contribution in [0.1, 0.15) is 0 Å². The zero-order valence-electron chi connectivity index (χ0n) is 13.4. The van der Waals surface area contributed by atoms with Crippen molar-refractivity contribution < 1.29 is 9.53 Å². The summed E-state index contributed by atoms with van der Waals surface area (Å²) >= 11 is 5.83. The molecule has 1 heterocycles. The number of fused-ring (bicyclic) bond motifs is 1. The molecule has 0 spiro atoms. The molecule has 124 valence electrons.